The molecule has 2 aromatic heterocycles. The summed E-state index contributed by atoms with van der Waals surface area (Å²) in [6.07, 6.45) is 1.61. The van der Waals surface area contributed by atoms with Crippen LogP contribution >= 0.6 is 11.8 Å². The van der Waals surface area contributed by atoms with Gasteiger partial charge in [-0.1, -0.05) is 11.8 Å². The van der Waals surface area contributed by atoms with Crippen LogP contribution < -0.4 is 10.5 Å². The number of nitrogens with two attached hydrogens (primary N) is 1. The fraction of sp³-hybridized carbons (Fsp3) is 0.188. The van der Waals surface area contributed by atoms with Crippen molar-refractivity contribution in [3.63, 3.8) is 0 Å². The molecule has 3 rings (SSSR count). The molecule has 0 aliphatic carbocycles. The Morgan fingerprint density at radius 3 is 2.71 bits per heavy atom. The van der Waals surface area contributed by atoms with Gasteiger partial charge in [0.2, 0.25) is 5.91 Å². The molecule has 7 nitrogen and oxygen atoms in total. The Labute approximate surface area is 142 Å². The molecule has 0 aliphatic heterocycles. The van der Waals surface area contributed by atoms with Gasteiger partial charge in [-0.15, -0.1) is 10.2 Å². The molecular formula is C16H16N4O3S. The van der Waals surface area contributed by atoms with Crippen molar-refractivity contribution >= 4 is 17.7 Å². The van der Waals surface area contributed by atoms with Crippen molar-refractivity contribution in [1.29, 1.82) is 0 Å². The van der Waals surface area contributed by atoms with Crippen LogP contribution in [0.5, 0.6) is 5.75 Å². The van der Waals surface area contributed by atoms with Crippen molar-refractivity contribution in [3.05, 3.63) is 48.4 Å². The van der Waals surface area contributed by atoms with Crippen LogP contribution in [-0.2, 0) is 11.3 Å². The number of ether oxygens (including phenoxy) is 1. The predicted octanol–water partition coefficient (Wildman–Crippen LogP) is 2.17. The van der Waals surface area contributed by atoms with Crippen molar-refractivity contribution in [1.82, 2.24) is 14.8 Å². The van der Waals surface area contributed by atoms with E-state index < -0.39 is 5.91 Å². The van der Waals surface area contributed by atoms with Gasteiger partial charge in [0.15, 0.2) is 11.0 Å². The van der Waals surface area contributed by atoms with Crippen molar-refractivity contribution in [2.24, 2.45) is 5.73 Å². The van der Waals surface area contributed by atoms with Crippen molar-refractivity contribution in [2.75, 3.05) is 12.9 Å². The van der Waals surface area contributed by atoms with Crippen LogP contribution in [0, 0.1) is 0 Å². The average molecular weight is 344 g/mol. The first-order valence-corrected chi connectivity index (χ1v) is 8.17. The van der Waals surface area contributed by atoms with Gasteiger partial charge in [-0.05, 0) is 36.4 Å². The molecule has 0 saturated carbocycles. The lowest BCUT2D eigenvalue weighted by atomic mass is 10.2. The third-order valence-corrected chi connectivity index (χ3v) is 4.29. The monoisotopic (exact) mass is 344 g/mol. The van der Waals surface area contributed by atoms with Crippen LogP contribution in [0.15, 0.2) is 52.2 Å². The van der Waals surface area contributed by atoms with E-state index in [1.807, 2.05) is 41.0 Å². The highest BCUT2D eigenvalue weighted by Gasteiger charge is 2.16. The molecule has 124 valence electrons. The summed E-state index contributed by atoms with van der Waals surface area (Å²) in [5.41, 5.74) is 6.12. The predicted molar refractivity (Wildman–Crippen MR) is 89.7 cm³/mol. The van der Waals surface area contributed by atoms with E-state index in [0.29, 0.717) is 17.5 Å². The summed E-state index contributed by atoms with van der Waals surface area (Å²) in [7, 11) is 1.62. The van der Waals surface area contributed by atoms with E-state index in [1.54, 1.807) is 13.4 Å². The Bertz CT molecular complexity index is 812. The number of carbonyl (C=O) groups excluding carboxylic acids is 1. The lowest BCUT2D eigenvalue weighted by Gasteiger charge is -2.09. The zero-order chi connectivity index (χ0) is 16.9. The van der Waals surface area contributed by atoms with Crippen molar-refractivity contribution in [2.45, 2.75) is 11.7 Å². The Morgan fingerprint density at radius 1 is 1.29 bits per heavy atom. The molecule has 0 aliphatic rings. The highest BCUT2D eigenvalue weighted by molar-refractivity contribution is 7.99. The Balaban J connectivity index is 1.95. The standard InChI is InChI=1S/C16H16N4O3S/c1-22-12-6-4-11(5-7-12)15-18-19-16(24-10-14(17)21)20(15)9-13-3-2-8-23-13/h2-8H,9-10H2,1H3,(H2,17,21). The number of primary amides is 1. The van der Waals surface area contributed by atoms with Gasteiger partial charge in [0.05, 0.1) is 25.7 Å². The van der Waals surface area contributed by atoms with E-state index in [4.69, 9.17) is 14.9 Å². The van der Waals surface area contributed by atoms with Gasteiger partial charge in [-0.2, -0.15) is 0 Å². The second kappa shape index (κ2) is 7.22. The number of benzene rings is 1. The van der Waals surface area contributed by atoms with E-state index in [9.17, 15) is 4.79 Å². The molecule has 24 heavy (non-hydrogen) atoms. The number of furan rings is 1. The molecule has 0 fully saturated rings. The average Bonchev–Trinajstić information content (AvgIpc) is 3.23. The number of aromatic nitrogens is 3. The van der Waals surface area contributed by atoms with Gasteiger partial charge >= 0.3 is 0 Å². The fourth-order valence-electron chi connectivity index (χ4n) is 2.19. The molecule has 0 saturated heterocycles. The van der Waals surface area contributed by atoms with Crippen LogP contribution in [0.2, 0.25) is 0 Å². The molecule has 0 atom stereocenters. The number of carbonyl (C=O) groups is 1. The largest absolute Gasteiger partial charge is 0.497 e. The second-order valence-electron chi connectivity index (χ2n) is 4.96. The van der Waals surface area contributed by atoms with Gasteiger partial charge in [0, 0.05) is 5.56 Å². The van der Waals surface area contributed by atoms with Gasteiger partial charge in [-0.3, -0.25) is 9.36 Å². The van der Waals surface area contributed by atoms with E-state index in [0.717, 1.165) is 17.1 Å². The minimum Gasteiger partial charge on any atom is -0.497 e. The first-order chi connectivity index (χ1) is 11.7. The molecular weight excluding hydrogens is 328 g/mol. The van der Waals surface area contributed by atoms with Gasteiger partial charge in [-0.25, -0.2) is 0 Å². The summed E-state index contributed by atoms with van der Waals surface area (Å²) in [5.74, 6) is 1.95. The molecule has 1 amide bonds. The first-order valence-electron chi connectivity index (χ1n) is 7.18. The Hall–Kier alpha value is -2.74. The third-order valence-electron chi connectivity index (χ3n) is 3.30. The summed E-state index contributed by atoms with van der Waals surface area (Å²) in [5, 5.41) is 9.05. The molecule has 3 aromatic rings. The van der Waals surface area contributed by atoms with E-state index in [1.165, 1.54) is 11.8 Å². The molecule has 1 aromatic carbocycles. The number of nitrogens with zero attached hydrogens (tertiary/aromatic N) is 3. The molecule has 8 heteroatoms. The number of amides is 1. The van der Waals surface area contributed by atoms with E-state index in [-0.39, 0.29) is 5.75 Å². The lowest BCUT2D eigenvalue weighted by Crippen LogP contribution is -2.14. The normalized spacial score (nSPS) is 10.7. The second-order valence-corrected chi connectivity index (χ2v) is 5.90. The van der Waals surface area contributed by atoms with Gasteiger partial charge < -0.3 is 14.9 Å². The van der Waals surface area contributed by atoms with Crippen LogP contribution in [0.1, 0.15) is 5.76 Å². The molecule has 2 N–H and O–H groups in total. The molecule has 0 unspecified atom stereocenters. The quantitative estimate of drug-likeness (QED) is 0.660. The smallest absolute Gasteiger partial charge is 0.227 e. The maximum absolute atomic E-state index is 11.1. The van der Waals surface area contributed by atoms with E-state index in [2.05, 4.69) is 10.2 Å². The molecule has 0 bridgehead atoms. The number of hydrogen-bond donors (Lipinski definition) is 1. The highest BCUT2D eigenvalue weighted by atomic mass is 32.2. The van der Waals surface area contributed by atoms with Gasteiger partial charge in [0.25, 0.3) is 0 Å². The highest BCUT2D eigenvalue weighted by Crippen LogP contribution is 2.26. The summed E-state index contributed by atoms with van der Waals surface area (Å²) in [4.78, 5) is 11.1. The maximum atomic E-state index is 11.1. The number of hydrogen-bond acceptors (Lipinski definition) is 6. The van der Waals surface area contributed by atoms with Crippen LogP contribution in [0.3, 0.4) is 0 Å². The van der Waals surface area contributed by atoms with Gasteiger partial charge in [0.1, 0.15) is 11.5 Å². The zero-order valence-electron chi connectivity index (χ0n) is 13.0. The number of rotatable bonds is 7. The number of thioether (sulfide) groups is 1. The minimum absolute atomic E-state index is 0.138. The summed E-state index contributed by atoms with van der Waals surface area (Å²) < 4.78 is 12.5. The first kappa shape index (κ1) is 16.1. The Morgan fingerprint density at radius 2 is 2.08 bits per heavy atom. The maximum Gasteiger partial charge on any atom is 0.227 e. The lowest BCUT2D eigenvalue weighted by molar-refractivity contribution is -0.115. The van der Waals surface area contributed by atoms with Crippen LogP contribution in [0.4, 0.5) is 0 Å². The topological polar surface area (TPSA) is 96.2 Å². The van der Waals surface area contributed by atoms with E-state index >= 15 is 0 Å². The Kier molecular flexibility index (Phi) is 4.85. The van der Waals surface area contributed by atoms with Crippen LogP contribution in [-0.4, -0.2) is 33.5 Å². The number of methoxy groups -OCH3 is 1. The zero-order valence-corrected chi connectivity index (χ0v) is 13.8. The molecule has 0 radical (unpaired) electrons. The van der Waals surface area contributed by atoms with Crippen LogP contribution in [0.25, 0.3) is 11.4 Å². The summed E-state index contributed by atoms with van der Waals surface area (Å²) in [6.45, 7) is 0.461. The van der Waals surface area contributed by atoms with Crippen molar-refractivity contribution in [3.8, 4) is 17.1 Å². The fourth-order valence-corrected chi connectivity index (χ4v) is 2.86. The summed E-state index contributed by atoms with van der Waals surface area (Å²) >= 11 is 1.25. The SMILES string of the molecule is COc1ccc(-c2nnc(SCC(N)=O)n2Cc2ccco2)cc1. The molecule has 0 spiro atoms. The van der Waals surface area contributed by atoms with Crippen molar-refractivity contribution < 1.29 is 13.9 Å². The minimum atomic E-state index is -0.404. The third kappa shape index (κ3) is 3.60. The molecule has 2 heterocycles. The summed E-state index contributed by atoms with van der Waals surface area (Å²) in [6, 6.07) is 11.2.